The highest BCUT2D eigenvalue weighted by molar-refractivity contribution is 6.91. The second kappa shape index (κ2) is 11.2. The average molecular weight is 771 g/mol. The monoisotopic (exact) mass is 770 g/mol. The van der Waals surface area contributed by atoms with Crippen LogP contribution >= 0.6 is 0 Å². The third-order valence-electron chi connectivity index (χ3n) is 13.3. The van der Waals surface area contributed by atoms with Gasteiger partial charge in [-0.2, -0.15) is 0 Å². The molecule has 0 spiro atoms. The van der Waals surface area contributed by atoms with E-state index in [2.05, 4.69) is 188 Å². The van der Waals surface area contributed by atoms with Crippen LogP contribution in [0.25, 0.3) is 99.1 Å². The molecule has 0 aliphatic carbocycles. The number of fused-ring (bicyclic) bond motifs is 17. The van der Waals surface area contributed by atoms with Crippen LogP contribution in [0.1, 0.15) is 26.3 Å². The van der Waals surface area contributed by atoms with Crippen molar-refractivity contribution in [1.29, 1.82) is 0 Å². The summed E-state index contributed by atoms with van der Waals surface area (Å²) in [5.41, 5.74) is 19.2. The molecule has 60 heavy (non-hydrogen) atoms. The van der Waals surface area contributed by atoms with E-state index in [1.807, 2.05) is 0 Å². The molecule has 0 atom stereocenters. The summed E-state index contributed by atoms with van der Waals surface area (Å²) in [6, 6.07) is 56.9. The molecule has 5 nitrogen and oxygen atoms in total. The predicted molar refractivity (Wildman–Crippen MR) is 248 cm³/mol. The Labute approximate surface area is 344 Å². The van der Waals surface area contributed by atoms with Crippen molar-refractivity contribution in [3.05, 3.63) is 163 Å². The molecule has 6 heteroatoms. The van der Waals surface area contributed by atoms with Crippen LogP contribution in [0.4, 0.5) is 17.1 Å². The number of para-hydroxylation sites is 4. The lowest BCUT2D eigenvalue weighted by Gasteiger charge is -2.41. The van der Waals surface area contributed by atoms with Gasteiger partial charge in [0.1, 0.15) is 27.9 Å². The predicted octanol–water partition coefficient (Wildman–Crippen LogP) is 13.7. The molecular formula is C54H35BN2O3. The Morgan fingerprint density at radius 2 is 1.17 bits per heavy atom. The van der Waals surface area contributed by atoms with Gasteiger partial charge in [-0.1, -0.05) is 124 Å². The lowest BCUT2D eigenvalue weighted by Crippen LogP contribution is -2.56. The lowest BCUT2D eigenvalue weighted by molar-refractivity contribution is 0.590. The van der Waals surface area contributed by atoms with Crippen molar-refractivity contribution >= 4 is 112 Å². The summed E-state index contributed by atoms with van der Waals surface area (Å²) in [6.07, 6.45) is 0. The molecule has 0 N–H and O–H groups in total. The molecule has 0 bridgehead atoms. The van der Waals surface area contributed by atoms with Crippen molar-refractivity contribution < 1.29 is 13.3 Å². The third-order valence-corrected chi connectivity index (χ3v) is 13.3. The highest BCUT2D eigenvalue weighted by Gasteiger charge is 2.46. The SMILES string of the molecule is CC(C)(C)c1ccc(N2c3cc4c(oc5ccccc54)c4c3B(c3ccc5oc6ccccc6c5c32)n2c3c-4cccc3c3oc4ccccc4c32)c(-c2ccccc2)c1. The number of aromatic nitrogens is 1. The molecule has 8 aromatic carbocycles. The van der Waals surface area contributed by atoms with E-state index in [-0.39, 0.29) is 12.3 Å². The molecule has 4 aromatic heterocycles. The highest BCUT2D eigenvalue weighted by Crippen LogP contribution is 2.53. The molecule has 6 heterocycles. The summed E-state index contributed by atoms with van der Waals surface area (Å²) >= 11 is 0. The molecule has 282 valence electrons. The van der Waals surface area contributed by atoms with Crippen molar-refractivity contribution in [3.63, 3.8) is 0 Å². The molecule has 2 aliphatic heterocycles. The van der Waals surface area contributed by atoms with Crippen LogP contribution in [-0.2, 0) is 5.41 Å². The second-order valence-corrected chi connectivity index (χ2v) is 17.6. The molecular weight excluding hydrogens is 735 g/mol. The van der Waals surface area contributed by atoms with Gasteiger partial charge >= 0.3 is 6.85 Å². The molecule has 12 aromatic rings. The minimum Gasteiger partial charge on any atom is -0.456 e. The minimum atomic E-state index is -0.221. The smallest absolute Gasteiger partial charge is 0.333 e. The number of benzene rings is 8. The van der Waals surface area contributed by atoms with Crippen LogP contribution in [0, 0.1) is 0 Å². The van der Waals surface area contributed by atoms with Crippen molar-refractivity contribution in [2.75, 3.05) is 4.90 Å². The topological polar surface area (TPSA) is 47.6 Å². The standard InChI is InChI=1S/C54H35BN2O3/c1-54(2,3)31-24-26-40(37(28-31)30-14-5-4-6-15-30)56-41-29-38-32-16-7-10-21-42(32)59-52(38)47-35-19-13-20-36-49(35)57(50-34-18-9-12-23-44(34)60-53(36)50)55(48(41)47)39-25-27-45-46(51(39)56)33-17-8-11-22-43(33)58-45/h4-29H,1-3H3. The summed E-state index contributed by atoms with van der Waals surface area (Å²) < 4.78 is 23.2. The van der Waals surface area contributed by atoms with Crippen molar-refractivity contribution in [3.8, 4) is 22.3 Å². The van der Waals surface area contributed by atoms with E-state index in [1.54, 1.807) is 0 Å². The Morgan fingerprint density at radius 1 is 0.483 bits per heavy atom. The fourth-order valence-corrected chi connectivity index (χ4v) is 10.7. The van der Waals surface area contributed by atoms with Crippen molar-refractivity contribution in [1.82, 2.24) is 4.48 Å². The fraction of sp³-hybridized carbons (Fsp3) is 0.0741. The molecule has 0 saturated carbocycles. The van der Waals surface area contributed by atoms with Gasteiger partial charge in [-0.15, -0.1) is 0 Å². The Morgan fingerprint density at radius 3 is 1.97 bits per heavy atom. The van der Waals surface area contributed by atoms with Crippen LogP contribution in [0.2, 0.25) is 0 Å². The third kappa shape index (κ3) is 4.03. The summed E-state index contributed by atoms with van der Waals surface area (Å²) in [7, 11) is 0. The van der Waals surface area contributed by atoms with Gasteiger partial charge in [-0.25, -0.2) is 0 Å². The molecule has 2 aliphatic rings. The Bertz CT molecular complexity index is 3840. The first-order valence-corrected chi connectivity index (χ1v) is 20.8. The van der Waals surface area contributed by atoms with Gasteiger partial charge < -0.3 is 22.6 Å². The van der Waals surface area contributed by atoms with E-state index in [0.717, 1.165) is 105 Å². The first-order chi connectivity index (χ1) is 29.4. The van der Waals surface area contributed by atoms with E-state index in [9.17, 15) is 0 Å². The Balaban J connectivity index is 1.24. The maximum atomic E-state index is 7.02. The van der Waals surface area contributed by atoms with Crippen molar-refractivity contribution in [2.45, 2.75) is 26.2 Å². The van der Waals surface area contributed by atoms with Crippen LogP contribution in [0.15, 0.2) is 171 Å². The van der Waals surface area contributed by atoms with Gasteiger partial charge in [0, 0.05) is 54.8 Å². The first kappa shape index (κ1) is 32.5. The van der Waals surface area contributed by atoms with Gasteiger partial charge in [-0.05, 0) is 82.1 Å². The Kier molecular flexibility index (Phi) is 6.06. The van der Waals surface area contributed by atoms with E-state index < -0.39 is 0 Å². The summed E-state index contributed by atoms with van der Waals surface area (Å²) in [4.78, 5) is 2.56. The quantitative estimate of drug-likeness (QED) is 0.164. The van der Waals surface area contributed by atoms with Crippen molar-refractivity contribution in [2.24, 2.45) is 0 Å². The molecule has 0 radical (unpaired) electrons. The number of rotatable bonds is 2. The number of furan rings is 3. The van der Waals surface area contributed by atoms with Crippen LogP contribution in [0.3, 0.4) is 0 Å². The van der Waals surface area contributed by atoms with Crippen LogP contribution in [-0.4, -0.2) is 11.3 Å². The molecule has 0 amide bonds. The zero-order valence-corrected chi connectivity index (χ0v) is 33.2. The van der Waals surface area contributed by atoms with Gasteiger partial charge in [-0.3, -0.25) is 0 Å². The molecule has 0 fully saturated rings. The molecule has 0 unspecified atom stereocenters. The molecule has 0 saturated heterocycles. The Hall–Kier alpha value is -7.44. The number of hydrogen-bond donors (Lipinski definition) is 0. The summed E-state index contributed by atoms with van der Waals surface area (Å²) in [6.45, 7) is 6.66. The van der Waals surface area contributed by atoms with E-state index in [1.165, 1.54) is 27.6 Å². The van der Waals surface area contributed by atoms with Gasteiger partial charge in [0.25, 0.3) is 0 Å². The number of hydrogen-bond acceptors (Lipinski definition) is 4. The zero-order valence-electron chi connectivity index (χ0n) is 33.2. The average Bonchev–Trinajstić information content (AvgIpc) is 4.04. The second-order valence-electron chi connectivity index (χ2n) is 17.6. The summed E-state index contributed by atoms with van der Waals surface area (Å²) in [5, 5.41) is 6.58. The fourth-order valence-electron chi connectivity index (χ4n) is 10.7. The normalized spacial score (nSPS) is 13.5. The zero-order chi connectivity index (χ0) is 39.6. The number of nitrogens with zero attached hydrogens (tertiary/aromatic N) is 2. The molecule has 14 rings (SSSR count). The minimum absolute atomic E-state index is 0.0585. The number of anilines is 3. The van der Waals surface area contributed by atoms with Crippen LogP contribution in [0.5, 0.6) is 0 Å². The van der Waals surface area contributed by atoms with E-state index in [4.69, 9.17) is 13.3 Å². The lowest BCUT2D eigenvalue weighted by atomic mass is 9.44. The van der Waals surface area contributed by atoms with Gasteiger partial charge in [0.15, 0.2) is 5.58 Å². The highest BCUT2D eigenvalue weighted by atomic mass is 16.3. The first-order valence-electron chi connectivity index (χ1n) is 20.8. The van der Waals surface area contributed by atoms with Gasteiger partial charge in [0.2, 0.25) is 0 Å². The largest absolute Gasteiger partial charge is 0.456 e. The van der Waals surface area contributed by atoms with Gasteiger partial charge in [0.05, 0.1) is 22.3 Å². The van der Waals surface area contributed by atoms with E-state index >= 15 is 0 Å². The van der Waals surface area contributed by atoms with E-state index in [0.29, 0.717) is 0 Å². The maximum absolute atomic E-state index is 7.02. The summed E-state index contributed by atoms with van der Waals surface area (Å²) in [5.74, 6) is 0. The van der Waals surface area contributed by atoms with Crippen LogP contribution < -0.4 is 15.8 Å². The maximum Gasteiger partial charge on any atom is 0.333 e.